The van der Waals surface area contributed by atoms with Crippen LogP contribution in [0, 0.1) is 0 Å². The highest BCUT2D eigenvalue weighted by Gasteiger charge is 2.41. The molecule has 72 heavy (non-hydrogen) atoms. The van der Waals surface area contributed by atoms with Gasteiger partial charge in [-0.3, -0.25) is 8.97 Å². The molecular weight excluding hydrogens is 893 g/mol. The summed E-state index contributed by atoms with van der Waals surface area (Å²) in [5, 5.41) is 7.48. The molecule has 10 aromatic carbocycles. The van der Waals surface area contributed by atoms with E-state index in [4.69, 9.17) is 15.0 Å². The second-order valence-corrected chi connectivity index (χ2v) is 22.2. The fraction of sp³-hybridized carbons (Fsp3) is 0. The molecule has 7 heteroatoms. The molecular formula is C65H44N6Si. The maximum absolute atomic E-state index is 5.66. The van der Waals surface area contributed by atoms with Gasteiger partial charge in [0.2, 0.25) is 11.7 Å². The maximum Gasteiger partial charge on any atom is 0.239 e. The van der Waals surface area contributed by atoms with Gasteiger partial charge in [-0.25, -0.2) is 14.5 Å². The third-order valence-electron chi connectivity index (χ3n) is 14.4. The Labute approximate surface area is 417 Å². The Morgan fingerprint density at radius 3 is 1.33 bits per heavy atom. The predicted octanol–water partition coefficient (Wildman–Crippen LogP) is 12.7. The Kier molecular flexibility index (Phi) is 9.75. The van der Waals surface area contributed by atoms with Crippen molar-refractivity contribution in [2.75, 3.05) is 0 Å². The molecule has 14 rings (SSSR count). The number of nitrogens with zero attached hydrogens (tertiary/aromatic N) is 6. The molecule has 0 N–H and O–H groups in total. The van der Waals surface area contributed by atoms with Gasteiger partial charge in [-0.05, 0) is 91.5 Å². The van der Waals surface area contributed by atoms with E-state index in [9.17, 15) is 0 Å². The molecule has 0 aliphatic rings. The highest BCUT2D eigenvalue weighted by Crippen LogP contribution is 2.38. The lowest BCUT2D eigenvalue weighted by molar-refractivity contribution is 0.937. The van der Waals surface area contributed by atoms with Gasteiger partial charge < -0.3 is 0 Å². The average molecular weight is 937 g/mol. The van der Waals surface area contributed by atoms with E-state index >= 15 is 0 Å². The van der Waals surface area contributed by atoms with Gasteiger partial charge in [-0.1, -0.05) is 212 Å². The molecule has 0 spiro atoms. The van der Waals surface area contributed by atoms with Gasteiger partial charge >= 0.3 is 0 Å². The van der Waals surface area contributed by atoms with Crippen molar-refractivity contribution in [2.45, 2.75) is 0 Å². The number of fused-ring (bicyclic) bond motifs is 8. The van der Waals surface area contributed by atoms with E-state index in [-0.39, 0.29) is 0 Å². The Bertz CT molecular complexity index is 4120. The lowest BCUT2D eigenvalue weighted by Crippen LogP contribution is -2.74. The van der Waals surface area contributed by atoms with E-state index in [1.165, 1.54) is 31.9 Å². The van der Waals surface area contributed by atoms with Gasteiger partial charge in [0.1, 0.15) is 5.82 Å². The topological polar surface area (TPSA) is 52.9 Å². The lowest BCUT2D eigenvalue weighted by Gasteiger charge is -2.34. The average Bonchev–Trinajstić information content (AvgIpc) is 4.11. The van der Waals surface area contributed by atoms with E-state index < -0.39 is 8.07 Å². The summed E-state index contributed by atoms with van der Waals surface area (Å²) < 4.78 is 6.70. The van der Waals surface area contributed by atoms with Gasteiger partial charge in [0, 0.05) is 22.4 Å². The van der Waals surface area contributed by atoms with Crippen LogP contribution in [0.5, 0.6) is 0 Å². The highest BCUT2D eigenvalue weighted by molar-refractivity contribution is 7.19. The molecule has 0 aliphatic carbocycles. The van der Waals surface area contributed by atoms with Crippen molar-refractivity contribution in [1.29, 1.82) is 0 Å². The minimum Gasteiger partial charge on any atom is -0.294 e. The highest BCUT2D eigenvalue weighted by atomic mass is 28.3. The largest absolute Gasteiger partial charge is 0.294 e. The van der Waals surface area contributed by atoms with Gasteiger partial charge in [0.25, 0.3) is 0 Å². The quantitative estimate of drug-likeness (QED) is 0.107. The first-order chi connectivity index (χ1) is 35.7. The summed E-state index contributed by atoms with van der Waals surface area (Å²) in [6.07, 6.45) is 0. The molecule has 0 amide bonds. The first kappa shape index (κ1) is 41.5. The van der Waals surface area contributed by atoms with E-state index in [0.29, 0.717) is 5.95 Å². The number of para-hydroxylation sites is 4. The van der Waals surface area contributed by atoms with Crippen molar-refractivity contribution >= 4 is 78.5 Å². The molecule has 0 radical (unpaired) electrons. The third kappa shape index (κ3) is 6.59. The van der Waals surface area contributed by atoms with Crippen molar-refractivity contribution in [3.05, 3.63) is 267 Å². The number of hydrogen-bond acceptors (Lipinski definition) is 3. The van der Waals surface area contributed by atoms with Crippen molar-refractivity contribution in [3.63, 3.8) is 0 Å². The minimum absolute atomic E-state index is 0.531. The molecule has 0 aliphatic heterocycles. The van der Waals surface area contributed by atoms with Crippen LogP contribution in [0.3, 0.4) is 0 Å². The molecule has 0 saturated heterocycles. The Hall–Kier alpha value is -9.43. The first-order valence-corrected chi connectivity index (χ1v) is 26.4. The first-order valence-electron chi connectivity index (χ1n) is 24.4. The molecule has 4 heterocycles. The van der Waals surface area contributed by atoms with Crippen LogP contribution in [-0.2, 0) is 0 Å². The summed E-state index contributed by atoms with van der Waals surface area (Å²) in [6.45, 7) is 0. The van der Waals surface area contributed by atoms with Crippen LogP contribution >= 0.6 is 0 Å². The molecule has 0 fully saturated rings. The Morgan fingerprint density at radius 1 is 0.292 bits per heavy atom. The number of imidazole rings is 2. The minimum atomic E-state index is -2.90. The number of benzene rings is 10. The van der Waals surface area contributed by atoms with E-state index in [1.54, 1.807) is 0 Å². The summed E-state index contributed by atoms with van der Waals surface area (Å²) in [4.78, 5) is 16.6. The smallest absolute Gasteiger partial charge is 0.239 e. The molecule has 0 atom stereocenters. The van der Waals surface area contributed by atoms with Crippen LogP contribution in [0.15, 0.2) is 267 Å². The van der Waals surface area contributed by atoms with E-state index in [1.807, 2.05) is 6.07 Å². The second-order valence-electron chi connectivity index (χ2n) is 18.4. The van der Waals surface area contributed by atoms with E-state index in [0.717, 1.165) is 77.9 Å². The second kappa shape index (κ2) is 16.9. The third-order valence-corrected chi connectivity index (χ3v) is 19.2. The summed E-state index contributed by atoms with van der Waals surface area (Å²) in [5.41, 5.74) is 12.5. The Balaban J connectivity index is 1.07. The molecule has 14 aromatic rings. The zero-order valence-electron chi connectivity index (χ0n) is 39.1. The summed E-state index contributed by atoms with van der Waals surface area (Å²) >= 11 is 0. The number of aromatic nitrogens is 6. The van der Waals surface area contributed by atoms with Crippen LogP contribution in [0.2, 0.25) is 0 Å². The van der Waals surface area contributed by atoms with E-state index in [2.05, 4.69) is 274 Å². The van der Waals surface area contributed by atoms with Crippen molar-refractivity contribution in [1.82, 2.24) is 28.5 Å². The maximum atomic E-state index is 5.66. The fourth-order valence-electron chi connectivity index (χ4n) is 11.2. The molecule has 338 valence electrons. The fourth-order valence-corrected chi connectivity index (χ4v) is 16.0. The summed E-state index contributed by atoms with van der Waals surface area (Å²) in [5.74, 6) is 2.04. The van der Waals surface area contributed by atoms with Gasteiger partial charge in [-0.2, -0.15) is 4.98 Å². The van der Waals surface area contributed by atoms with Crippen molar-refractivity contribution in [2.24, 2.45) is 0 Å². The van der Waals surface area contributed by atoms with Crippen LogP contribution in [0.1, 0.15) is 0 Å². The van der Waals surface area contributed by atoms with Gasteiger partial charge in [0.15, 0.2) is 8.07 Å². The van der Waals surface area contributed by atoms with Crippen LogP contribution in [0.4, 0.5) is 0 Å². The molecule has 0 bridgehead atoms. The monoisotopic (exact) mass is 936 g/mol. The molecule has 0 unspecified atom stereocenters. The molecule has 4 aromatic heterocycles. The SMILES string of the molecule is c1ccc(-c2ccc3c(c2)c2cc(-c4ccccc4)ccc2n3-c2cc(-c3cccc([Si](c4ccccc4)(c4ccccc4)c4ccccc4)c3)nc(-n3c4ccccc4n4c5ccccc5nc34)n2)cc1. The van der Waals surface area contributed by atoms with Crippen LogP contribution in [-0.4, -0.2) is 36.6 Å². The number of rotatable bonds is 9. The zero-order chi connectivity index (χ0) is 47.6. The summed E-state index contributed by atoms with van der Waals surface area (Å²) in [6, 6.07) is 96.3. The number of hydrogen-bond donors (Lipinski definition) is 0. The van der Waals surface area contributed by atoms with Gasteiger partial charge in [-0.15, -0.1) is 0 Å². The predicted molar refractivity (Wildman–Crippen MR) is 299 cm³/mol. The standard InChI is InChI=1S/C65H44N6Si/c1-6-21-45(22-7-1)47-37-39-58-54(42-47)55-43-48(46-23-8-2-9-24-46)38-40-59(55)69(58)63-44-57(66-64(68-63)71-62-36-19-18-35-61(62)70-60-34-17-16-33-56(60)67-65(70)71)49-25-20-32-53(41-49)72(50-26-10-3-11-27-50,51-28-12-4-13-29-51)52-30-14-5-15-31-52/h1-44H. The molecule has 6 nitrogen and oxygen atoms in total. The van der Waals surface area contributed by atoms with Gasteiger partial charge in [0.05, 0.1) is 38.8 Å². The van der Waals surface area contributed by atoms with Crippen molar-refractivity contribution in [3.8, 4) is 45.3 Å². The van der Waals surface area contributed by atoms with Crippen molar-refractivity contribution < 1.29 is 0 Å². The molecule has 0 saturated carbocycles. The van der Waals surface area contributed by atoms with Crippen LogP contribution in [0.25, 0.3) is 94.9 Å². The van der Waals surface area contributed by atoms with Crippen LogP contribution < -0.4 is 20.7 Å². The normalized spacial score (nSPS) is 11.9. The summed E-state index contributed by atoms with van der Waals surface area (Å²) in [7, 11) is -2.90. The zero-order valence-corrected chi connectivity index (χ0v) is 40.1. The Morgan fingerprint density at radius 2 is 0.764 bits per heavy atom. The lowest BCUT2D eigenvalue weighted by atomic mass is 10.0.